The summed E-state index contributed by atoms with van der Waals surface area (Å²) in [7, 11) is -1.80. The molecule has 1 aromatic rings. The van der Waals surface area contributed by atoms with Crippen LogP contribution in [0.4, 0.5) is 0 Å². The van der Waals surface area contributed by atoms with E-state index in [1.165, 1.54) is 0 Å². The third-order valence-corrected chi connectivity index (χ3v) is 3.05. The van der Waals surface area contributed by atoms with Crippen molar-refractivity contribution in [2.75, 3.05) is 6.79 Å². The zero-order valence-corrected chi connectivity index (χ0v) is 11.3. The van der Waals surface area contributed by atoms with Crippen LogP contribution in [0.15, 0.2) is 18.2 Å². The summed E-state index contributed by atoms with van der Waals surface area (Å²) in [5.74, 6) is 1.25. The third-order valence-electron chi connectivity index (χ3n) is 2.21. The van der Waals surface area contributed by atoms with E-state index in [9.17, 15) is 4.79 Å². The van der Waals surface area contributed by atoms with Crippen LogP contribution < -0.4 is 9.47 Å². The van der Waals surface area contributed by atoms with E-state index in [2.05, 4.69) is 0 Å². The van der Waals surface area contributed by atoms with Crippen molar-refractivity contribution in [2.24, 2.45) is 0 Å². The van der Waals surface area contributed by atoms with Gasteiger partial charge in [-0.3, -0.25) is 4.79 Å². The molecule has 0 saturated carbocycles. The van der Waals surface area contributed by atoms with Crippen molar-refractivity contribution in [2.45, 2.75) is 26.1 Å². The highest BCUT2D eigenvalue weighted by Crippen LogP contribution is 2.32. The summed E-state index contributed by atoms with van der Waals surface area (Å²) in [6, 6.07) is 5.51. The van der Waals surface area contributed by atoms with Gasteiger partial charge in [0.1, 0.15) is 0 Å². The molecule has 5 heteroatoms. The molecule has 0 saturated heterocycles. The first-order valence-electron chi connectivity index (χ1n) is 5.54. The van der Waals surface area contributed by atoms with E-state index in [0.29, 0.717) is 5.75 Å². The van der Waals surface area contributed by atoms with Crippen LogP contribution in [-0.2, 0) is 15.6 Å². The van der Waals surface area contributed by atoms with Gasteiger partial charge in [-0.05, 0) is 37.3 Å². The van der Waals surface area contributed by atoms with Gasteiger partial charge in [0.05, 0.1) is 6.42 Å². The van der Waals surface area contributed by atoms with E-state index in [-0.39, 0.29) is 19.2 Å². The second-order valence-corrected chi connectivity index (χ2v) is 9.38. The highest BCUT2D eigenvalue weighted by atomic mass is 28.4. The molecule has 0 amide bonds. The minimum atomic E-state index is -1.80. The Morgan fingerprint density at radius 2 is 2.00 bits per heavy atom. The maximum atomic E-state index is 11.7. The Balaban J connectivity index is 2.02. The molecule has 0 aromatic heterocycles. The van der Waals surface area contributed by atoms with Crippen LogP contribution in [0.5, 0.6) is 11.5 Å². The number of carbonyl (C=O) groups excluding carboxylic acids is 1. The average Bonchev–Trinajstić information content (AvgIpc) is 2.61. The maximum absolute atomic E-state index is 11.7. The molecule has 0 radical (unpaired) electrons. The molecular weight excluding hydrogens is 236 g/mol. The molecule has 0 aliphatic carbocycles. The predicted molar refractivity (Wildman–Crippen MR) is 65.7 cm³/mol. The van der Waals surface area contributed by atoms with Crippen molar-refractivity contribution in [3.63, 3.8) is 0 Å². The van der Waals surface area contributed by atoms with Gasteiger partial charge in [0.25, 0.3) is 5.97 Å². The Labute approximate surface area is 102 Å². The van der Waals surface area contributed by atoms with Gasteiger partial charge in [-0.25, -0.2) is 0 Å². The van der Waals surface area contributed by atoms with Crippen molar-refractivity contribution in [3.05, 3.63) is 23.8 Å². The smallest absolute Gasteiger partial charge is 0.296 e. The zero-order valence-electron chi connectivity index (χ0n) is 10.3. The van der Waals surface area contributed by atoms with Gasteiger partial charge in [-0.1, -0.05) is 6.07 Å². The molecule has 4 nitrogen and oxygen atoms in total. The lowest BCUT2D eigenvalue weighted by Crippen LogP contribution is -2.29. The van der Waals surface area contributed by atoms with Gasteiger partial charge in [0.15, 0.2) is 11.5 Å². The van der Waals surface area contributed by atoms with Gasteiger partial charge >= 0.3 is 0 Å². The van der Waals surface area contributed by atoms with Crippen LogP contribution in [0.3, 0.4) is 0 Å². The monoisotopic (exact) mass is 252 g/mol. The van der Waals surface area contributed by atoms with Crippen molar-refractivity contribution < 1.29 is 18.7 Å². The van der Waals surface area contributed by atoms with Crippen LogP contribution in [0.25, 0.3) is 0 Å². The SMILES string of the molecule is C[Si](C)(C)OC(=O)Cc1ccc2c(c1)OCO2. The number of fused-ring (bicyclic) bond motifs is 1. The number of hydrogen-bond acceptors (Lipinski definition) is 4. The van der Waals surface area contributed by atoms with E-state index in [4.69, 9.17) is 13.9 Å². The Hall–Kier alpha value is -1.49. The van der Waals surface area contributed by atoms with Crippen molar-refractivity contribution >= 4 is 14.3 Å². The normalized spacial score (nSPS) is 13.6. The molecule has 0 bridgehead atoms. The summed E-state index contributed by atoms with van der Waals surface area (Å²) in [6.45, 7) is 6.22. The first kappa shape index (κ1) is 12.0. The summed E-state index contributed by atoms with van der Waals surface area (Å²) in [6.07, 6.45) is 0.279. The van der Waals surface area contributed by atoms with Crippen molar-refractivity contribution in [1.29, 1.82) is 0 Å². The van der Waals surface area contributed by atoms with E-state index < -0.39 is 8.32 Å². The molecule has 0 unspecified atom stereocenters. The second-order valence-electron chi connectivity index (χ2n) is 4.95. The molecule has 1 aliphatic heterocycles. The maximum Gasteiger partial charge on any atom is 0.296 e. The molecule has 1 heterocycles. The molecule has 0 N–H and O–H groups in total. The van der Waals surface area contributed by atoms with E-state index in [1.54, 1.807) is 0 Å². The third kappa shape index (κ3) is 3.23. The number of carbonyl (C=O) groups is 1. The summed E-state index contributed by atoms with van der Waals surface area (Å²) >= 11 is 0. The summed E-state index contributed by atoms with van der Waals surface area (Å²) < 4.78 is 15.9. The fraction of sp³-hybridized carbons (Fsp3) is 0.417. The van der Waals surface area contributed by atoms with E-state index in [1.807, 2.05) is 37.8 Å². The Morgan fingerprint density at radius 3 is 2.71 bits per heavy atom. The van der Waals surface area contributed by atoms with Crippen LogP contribution in [-0.4, -0.2) is 21.1 Å². The van der Waals surface area contributed by atoms with Crippen LogP contribution in [0.1, 0.15) is 5.56 Å². The summed E-state index contributed by atoms with van der Waals surface area (Å²) in [4.78, 5) is 11.7. The van der Waals surface area contributed by atoms with Crippen molar-refractivity contribution in [3.8, 4) is 11.5 Å². The molecule has 0 atom stereocenters. The molecule has 17 heavy (non-hydrogen) atoms. The topological polar surface area (TPSA) is 44.8 Å². The van der Waals surface area contributed by atoms with Gasteiger partial charge in [-0.15, -0.1) is 0 Å². The first-order valence-corrected chi connectivity index (χ1v) is 8.95. The lowest BCUT2D eigenvalue weighted by Gasteiger charge is -2.17. The zero-order chi connectivity index (χ0) is 12.5. The quantitative estimate of drug-likeness (QED) is 0.775. The largest absolute Gasteiger partial charge is 0.520 e. The standard InChI is InChI=1S/C12H16O4Si/c1-17(2,3)16-12(13)7-9-4-5-10-11(6-9)15-8-14-10/h4-6H,7-8H2,1-3H3. The minimum Gasteiger partial charge on any atom is -0.520 e. The summed E-state index contributed by atoms with van der Waals surface area (Å²) in [5, 5.41) is 0. The van der Waals surface area contributed by atoms with Gasteiger partial charge in [0, 0.05) is 0 Å². The second kappa shape index (κ2) is 4.41. The number of hydrogen-bond donors (Lipinski definition) is 0. The van der Waals surface area contributed by atoms with Crippen LogP contribution in [0, 0.1) is 0 Å². The minimum absolute atomic E-state index is 0.178. The lowest BCUT2D eigenvalue weighted by atomic mass is 10.1. The molecule has 1 aromatic carbocycles. The van der Waals surface area contributed by atoms with Gasteiger partial charge < -0.3 is 13.9 Å². The fourth-order valence-electron chi connectivity index (χ4n) is 1.60. The van der Waals surface area contributed by atoms with Crippen LogP contribution >= 0.6 is 0 Å². The van der Waals surface area contributed by atoms with Crippen molar-refractivity contribution in [1.82, 2.24) is 0 Å². The highest BCUT2D eigenvalue weighted by molar-refractivity contribution is 6.71. The summed E-state index contributed by atoms with van der Waals surface area (Å²) in [5.41, 5.74) is 0.887. The first-order chi connectivity index (χ1) is 7.94. The predicted octanol–water partition coefficient (Wildman–Crippen LogP) is 2.34. The molecule has 0 fully saturated rings. The Kier molecular flexibility index (Phi) is 3.10. The Morgan fingerprint density at radius 1 is 1.29 bits per heavy atom. The Bertz CT molecular complexity index is 437. The fourth-order valence-corrected chi connectivity index (χ4v) is 2.35. The van der Waals surface area contributed by atoms with E-state index >= 15 is 0 Å². The number of benzene rings is 1. The van der Waals surface area contributed by atoms with Crippen LogP contribution in [0.2, 0.25) is 19.6 Å². The van der Waals surface area contributed by atoms with Gasteiger partial charge in [0.2, 0.25) is 15.1 Å². The lowest BCUT2D eigenvalue weighted by molar-refractivity contribution is -0.134. The molecule has 1 aliphatic rings. The van der Waals surface area contributed by atoms with Gasteiger partial charge in [-0.2, -0.15) is 0 Å². The highest BCUT2D eigenvalue weighted by Gasteiger charge is 2.21. The molecular formula is C12H16O4Si. The molecule has 2 rings (SSSR count). The molecule has 92 valence electrons. The number of ether oxygens (including phenoxy) is 2. The number of rotatable bonds is 3. The average molecular weight is 252 g/mol. The molecule has 0 spiro atoms. The van der Waals surface area contributed by atoms with E-state index in [0.717, 1.165) is 11.3 Å².